The number of benzene rings is 4. The Morgan fingerprint density at radius 2 is 1.47 bits per heavy atom. The van der Waals surface area contributed by atoms with Crippen molar-refractivity contribution in [3.05, 3.63) is 107 Å². The molecule has 13 heteroatoms. The van der Waals surface area contributed by atoms with Gasteiger partial charge in [0.2, 0.25) is 17.7 Å². The van der Waals surface area contributed by atoms with Gasteiger partial charge in [-0.25, -0.2) is 4.79 Å². The molecule has 1 heterocycles. The van der Waals surface area contributed by atoms with Crippen LogP contribution in [0.25, 0.3) is 22.3 Å². The van der Waals surface area contributed by atoms with Gasteiger partial charge >= 0.3 is 5.97 Å². The predicted octanol–water partition coefficient (Wildman–Crippen LogP) is 4.83. The zero-order chi connectivity index (χ0) is 41.2. The number of unbranched alkanes of at least 4 members (excludes halogenated alkanes) is 2. The smallest absolute Gasteiger partial charge is 0.326 e. The molecule has 1 aliphatic heterocycles. The molecular formula is C44H51N5O8. The number of aryl methyl sites for hydroxylation is 1. The largest absolute Gasteiger partial charge is 0.507 e. The number of phenolic OH excluding ortho intramolecular Hbond substituents is 2. The Morgan fingerprint density at radius 1 is 0.842 bits per heavy atom. The van der Waals surface area contributed by atoms with Crippen molar-refractivity contribution >= 4 is 29.6 Å². The zero-order valence-corrected chi connectivity index (χ0v) is 32.5. The van der Waals surface area contributed by atoms with Gasteiger partial charge in [0.05, 0.1) is 0 Å². The number of aromatic hydroxyl groups is 2. The molecule has 4 atom stereocenters. The molecule has 0 saturated carbocycles. The fourth-order valence-corrected chi connectivity index (χ4v) is 6.93. The fraction of sp³-hybridized carbons (Fsp3) is 0.341. The van der Waals surface area contributed by atoms with Gasteiger partial charge in [0.1, 0.15) is 35.7 Å². The van der Waals surface area contributed by atoms with E-state index in [1.807, 2.05) is 12.1 Å². The summed E-state index contributed by atoms with van der Waals surface area (Å²) in [5, 5.41) is 39.6. The summed E-state index contributed by atoms with van der Waals surface area (Å²) < 4.78 is 0. The van der Waals surface area contributed by atoms with E-state index in [1.54, 1.807) is 12.1 Å². The van der Waals surface area contributed by atoms with Crippen LogP contribution >= 0.6 is 0 Å². The lowest BCUT2D eigenvalue weighted by Crippen LogP contribution is -2.54. The van der Waals surface area contributed by atoms with Crippen LogP contribution in [-0.2, 0) is 32.0 Å². The molecule has 0 saturated heterocycles. The topological polar surface area (TPSA) is 211 Å². The van der Waals surface area contributed by atoms with E-state index in [0.29, 0.717) is 30.5 Å². The number of hydrogen-bond acceptors (Lipinski definition) is 8. The van der Waals surface area contributed by atoms with Crippen LogP contribution in [0.1, 0.15) is 79.0 Å². The highest BCUT2D eigenvalue weighted by molar-refractivity contribution is 5.99. The molecule has 13 nitrogen and oxygen atoms in total. The summed E-state index contributed by atoms with van der Waals surface area (Å²) in [6.45, 7) is 3.91. The third-order valence-corrected chi connectivity index (χ3v) is 10.3. The monoisotopic (exact) mass is 777 g/mol. The summed E-state index contributed by atoms with van der Waals surface area (Å²) in [6.07, 6.45) is 4.38. The van der Waals surface area contributed by atoms with Crippen LogP contribution in [0, 0.1) is 0 Å². The molecule has 4 aromatic rings. The first-order valence-electron chi connectivity index (χ1n) is 19.3. The van der Waals surface area contributed by atoms with Gasteiger partial charge in [-0.2, -0.15) is 0 Å². The molecule has 0 aromatic heterocycles. The molecule has 0 spiro atoms. The number of nitrogens with zero attached hydrogens (tertiary/aromatic N) is 1. The number of nitrogens with one attached hydrogen (secondary N) is 3. The Labute approximate surface area is 332 Å². The highest BCUT2D eigenvalue weighted by Gasteiger charge is 2.36. The van der Waals surface area contributed by atoms with Crippen molar-refractivity contribution in [2.24, 2.45) is 5.73 Å². The predicted molar refractivity (Wildman–Crippen MR) is 216 cm³/mol. The molecule has 4 amide bonds. The summed E-state index contributed by atoms with van der Waals surface area (Å²) >= 11 is 0. The van der Waals surface area contributed by atoms with Crippen molar-refractivity contribution in [2.75, 3.05) is 13.6 Å². The highest BCUT2D eigenvalue weighted by atomic mass is 16.4. The van der Waals surface area contributed by atoms with Crippen LogP contribution in [-0.4, -0.2) is 81.5 Å². The van der Waals surface area contributed by atoms with Crippen molar-refractivity contribution in [3.63, 3.8) is 0 Å². The third kappa shape index (κ3) is 10.4. The van der Waals surface area contributed by atoms with E-state index in [4.69, 9.17) is 5.73 Å². The van der Waals surface area contributed by atoms with Crippen molar-refractivity contribution in [1.82, 2.24) is 20.9 Å². The minimum Gasteiger partial charge on any atom is -0.507 e. The lowest BCUT2D eigenvalue weighted by atomic mass is 9.93. The molecule has 5 rings (SSSR count). The first-order chi connectivity index (χ1) is 27.3. The van der Waals surface area contributed by atoms with E-state index in [9.17, 15) is 39.3 Å². The van der Waals surface area contributed by atoms with Crippen molar-refractivity contribution < 1.29 is 39.3 Å². The van der Waals surface area contributed by atoms with Gasteiger partial charge in [0.25, 0.3) is 5.91 Å². The lowest BCUT2D eigenvalue weighted by Gasteiger charge is -2.32. The van der Waals surface area contributed by atoms with Crippen LogP contribution < -0.4 is 21.7 Å². The number of carbonyl (C=O) groups is 5. The van der Waals surface area contributed by atoms with E-state index in [1.165, 1.54) is 60.8 Å². The van der Waals surface area contributed by atoms with Crippen LogP contribution in [0.5, 0.6) is 11.5 Å². The van der Waals surface area contributed by atoms with Crippen LogP contribution in [0.3, 0.4) is 0 Å². The van der Waals surface area contributed by atoms with Gasteiger partial charge in [-0.1, -0.05) is 61.9 Å². The maximum absolute atomic E-state index is 14.4. The lowest BCUT2D eigenvalue weighted by molar-refractivity contribution is -0.143. The van der Waals surface area contributed by atoms with E-state index in [0.717, 1.165) is 30.4 Å². The Bertz CT molecular complexity index is 2090. The van der Waals surface area contributed by atoms with E-state index >= 15 is 0 Å². The minimum absolute atomic E-state index is 0.121. The molecule has 57 heavy (non-hydrogen) atoms. The molecule has 0 fully saturated rings. The average molecular weight is 778 g/mol. The van der Waals surface area contributed by atoms with Gasteiger partial charge < -0.3 is 41.9 Å². The van der Waals surface area contributed by atoms with Crippen LogP contribution in [0.2, 0.25) is 0 Å². The Balaban J connectivity index is 1.46. The summed E-state index contributed by atoms with van der Waals surface area (Å²) in [4.78, 5) is 68.8. The number of nitrogens with two attached hydrogens (primary N) is 1. The Morgan fingerprint density at radius 3 is 2.11 bits per heavy atom. The van der Waals surface area contributed by atoms with E-state index < -0.39 is 53.8 Å². The van der Waals surface area contributed by atoms with Crippen molar-refractivity contribution in [3.8, 4) is 33.8 Å². The molecule has 0 aliphatic carbocycles. The zero-order valence-electron chi connectivity index (χ0n) is 32.5. The quantitative estimate of drug-likeness (QED) is 0.0926. The number of hydrogen-bond donors (Lipinski definition) is 7. The standard InChI is InChI=1S/C44H51N5O8/c1-4-5-8-27-10-13-29(14-11-27)30-15-17-31(18-16-30)41(53)47-35(9-6-7-22-45)43(55)49(3)39-32-19-21-38(51)34(25-32)33-23-28(12-20-37(33)50)24-36(44(56)57)48-40(52)26(2)46-42(39)54/h10-21,23,25-26,35-36,39,50-51H,4-9,22,24,45H2,1-3H3,(H,46,54)(H,47,53)(H,48,52)(H,56,57). The number of amides is 4. The van der Waals surface area contributed by atoms with E-state index in [-0.39, 0.29) is 41.0 Å². The van der Waals surface area contributed by atoms with Gasteiger partial charge in [0.15, 0.2) is 0 Å². The first kappa shape index (κ1) is 41.9. The summed E-state index contributed by atoms with van der Waals surface area (Å²) in [5.74, 6) is -4.45. The number of aliphatic carboxylic acids is 1. The minimum atomic E-state index is -1.41. The second kappa shape index (κ2) is 19.1. The summed E-state index contributed by atoms with van der Waals surface area (Å²) in [7, 11) is 1.40. The van der Waals surface area contributed by atoms with Gasteiger partial charge in [-0.3, -0.25) is 19.2 Å². The molecule has 4 aromatic carbocycles. The molecule has 4 unspecified atom stereocenters. The highest BCUT2D eigenvalue weighted by Crippen LogP contribution is 2.39. The summed E-state index contributed by atoms with van der Waals surface area (Å²) in [6, 6.07) is 18.9. The van der Waals surface area contributed by atoms with Gasteiger partial charge in [-0.05, 0) is 110 Å². The molecule has 8 N–H and O–H groups in total. The fourth-order valence-electron chi connectivity index (χ4n) is 6.93. The van der Waals surface area contributed by atoms with E-state index in [2.05, 4.69) is 47.1 Å². The normalized spacial score (nSPS) is 17.4. The van der Waals surface area contributed by atoms with Crippen molar-refractivity contribution in [2.45, 2.75) is 83.0 Å². The van der Waals surface area contributed by atoms with Gasteiger partial charge in [-0.15, -0.1) is 0 Å². The van der Waals surface area contributed by atoms with Crippen LogP contribution in [0.4, 0.5) is 0 Å². The molecule has 4 bridgehead atoms. The second-order valence-electron chi connectivity index (χ2n) is 14.5. The SMILES string of the molecule is CCCCc1ccc(-c2ccc(C(=O)NC(CCCCN)C(=O)N(C)C3C(=O)NC(C)C(=O)NC(C(=O)O)Cc4ccc(O)c(c4)-c4cc3ccc4O)cc2)cc1. The first-order valence-corrected chi connectivity index (χ1v) is 19.3. The molecule has 1 aliphatic rings. The van der Waals surface area contributed by atoms with Crippen LogP contribution in [0.15, 0.2) is 84.9 Å². The average Bonchev–Trinajstić information content (AvgIpc) is 3.20. The number of phenols is 2. The number of carbonyl (C=O) groups excluding carboxylic acids is 4. The molecule has 0 radical (unpaired) electrons. The molecular weight excluding hydrogens is 727 g/mol. The number of fused-ring (bicyclic) bond motifs is 5. The Kier molecular flexibility index (Phi) is 14.0. The number of rotatable bonds is 13. The van der Waals surface area contributed by atoms with Gasteiger partial charge in [0, 0.05) is 30.2 Å². The maximum atomic E-state index is 14.4. The number of carboxylic acids is 1. The number of likely N-dealkylation sites (N-methyl/N-ethyl adjacent to an activating group) is 1. The molecule has 300 valence electrons. The van der Waals surface area contributed by atoms with Crippen molar-refractivity contribution in [1.29, 1.82) is 0 Å². The number of carboxylic acid groups (broad SMARTS) is 1. The Hall–Kier alpha value is -6.21. The summed E-state index contributed by atoms with van der Waals surface area (Å²) in [5.41, 5.74) is 10.2. The second-order valence-corrected chi connectivity index (χ2v) is 14.5. The third-order valence-electron chi connectivity index (χ3n) is 10.3. The maximum Gasteiger partial charge on any atom is 0.326 e.